The molecule has 0 bridgehead atoms. The molecule has 3 nitrogen and oxygen atoms in total. The van der Waals surface area contributed by atoms with Crippen LogP contribution in [0, 0.1) is 5.41 Å². The molecule has 4 aliphatic rings. The third kappa shape index (κ3) is 1.44. The smallest absolute Gasteiger partial charge is 0.156 e. The Kier molecular flexibility index (Phi) is 2.67. The van der Waals surface area contributed by atoms with Gasteiger partial charge in [0, 0.05) is 30.6 Å². The van der Waals surface area contributed by atoms with E-state index in [9.17, 15) is 4.79 Å². The van der Waals surface area contributed by atoms with Gasteiger partial charge in [0.15, 0.2) is 5.78 Å². The van der Waals surface area contributed by atoms with E-state index in [1.54, 1.807) is 0 Å². The fourth-order valence-electron chi connectivity index (χ4n) is 6.87. The first-order chi connectivity index (χ1) is 11.1. The van der Waals surface area contributed by atoms with Crippen LogP contribution in [0.3, 0.4) is 0 Å². The van der Waals surface area contributed by atoms with E-state index in [-0.39, 0.29) is 16.9 Å². The molecule has 1 aromatic carbocycles. The molecule has 3 fully saturated rings. The molecule has 23 heavy (non-hydrogen) atoms. The number of rotatable bonds is 1. The first-order valence-electron chi connectivity index (χ1n) is 9.23. The number of carbonyl (C=O) groups excluding carboxylic acids is 1. The van der Waals surface area contributed by atoms with E-state index in [1.807, 2.05) is 0 Å². The third-order valence-electron chi connectivity index (χ3n) is 7.56. The molecule has 1 aliphatic carbocycles. The lowest BCUT2D eigenvalue weighted by molar-refractivity contribution is -0.134. The Balaban J connectivity index is 1.79. The van der Waals surface area contributed by atoms with E-state index in [0.29, 0.717) is 11.8 Å². The number of likely N-dealkylation sites (N-methyl/N-ethyl adjacent to an activating group) is 1. The quantitative estimate of drug-likeness (QED) is 0.797. The molecule has 3 heteroatoms. The van der Waals surface area contributed by atoms with E-state index < -0.39 is 0 Å². The third-order valence-corrected chi connectivity index (χ3v) is 7.56. The van der Waals surface area contributed by atoms with Gasteiger partial charge >= 0.3 is 0 Å². The van der Waals surface area contributed by atoms with E-state index in [4.69, 9.17) is 0 Å². The van der Waals surface area contributed by atoms with Gasteiger partial charge in [-0.25, -0.2) is 0 Å². The summed E-state index contributed by atoms with van der Waals surface area (Å²) in [5, 5.41) is 0. The standard InChI is InChI=1S/C20H26N2O/c1-3-19-9-6-11-22-12-10-20(18(19)22)14-7-4-5-8-15(14)21(2)17(20)16(23)13-19/h4-5,7-8,17-18H,3,6,9-13H2,1-2H3/t17-,18-,19-,20-/m1/s1. The minimum Gasteiger partial charge on any atom is -0.363 e. The van der Waals surface area contributed by atoms with Gasteiger partial charge < -0.3 is 4.90 Å². The summed E-state index contributed by atoms with van der Waals surface area (Å²) in [7, 11) is 2.14. The number of benzene rings is 1. The first kappa shape index (κ1) is 14.0. The monoisotopic (exact) mass is 310 g/mol. The van der Waals surface area contributed by atoms with Gasteiger partial charge in [0.2, 0.25) is 0 Å². The van der Waals surface area contributed by atoms with Gasteiger partial charge in [0.05, 0.1) is 6.04 Å². The Labute approximate surface area is 138 Å². The number of nitrogens with zero attached hydrogens (tertiary/aromatic N) is 2. The molecule has 2 saturated heterocycles. The zero-order chi connectivity index (χ0) is 15.8. The Bertz CT molecular complexity index is 686. The van der Waals surface area contributed by atoms with Crippen molar-refractivity contribution >= 4 is 11.5 Å². The number of para-hydroxylation sites is 1. The maximum atomic E-state index is 13.3. The van der Waals surface area contributed by atoms with Gasteiger partial charge in [0.1, 0.15) is 0 Å². The minimum absolute atomic E-state index is 0.0388. The Hall–Kier alpha value is -1.35. The van der Waals surface area contributed by atoms with Crippen LogP contribution in [0.25, 0.3) is 0 Å². The average Bonchev–Trinajstić information content (AvgIpc) is 3.08. The topological polar surface area (TPSA) is 23.6 Å². The Morgan fingerprint density at radius 1 is 1.22 bits per heavy atom. The van der Waals surface area contributed by atoms with Crippen LogP contribution in [-0.2, 0) is 10.2 Å². The molecule has 0 N–H and O–H groups in total. The molecular weight excluding hydrogens is 284 g/mol. The van der Waals surface area contributed by atoms with Crippen molar-refractivity contribution in [3.05, 3.63) is 29.8 Å². The Morgan fingerprint density at radius 3 is 2.87 bits per heavy atom. The van der Waals surface area contributed by atoms with Crippen LogP contribution in [0.1, 0.15) is 44.6 Å². The number of piperidine rings is 1. The van der Waals surface area contributed by atoms with Crippen molar-refractivity contribution < 1.29 is 4.79 Å². The highest BCUT2D eigenvalue weighted by Crippen LogP contribution is 2.64. The molecule has 4 atom stereocenters. The number of Topliss-reactive ketones (excluding diaryl/α,β-unsaturated/α-hetero) is 1. The lowest BCUT2D eigenvalue weighted by atomic mass is 9.52. The van der Waals surface area contributed by atoms with E-state index >= 15 is 0 Å². The lowest BCUT2D eigenvalue weighted by Gasteiger charge is -2.57. The fraction of sp³-hybridized carbons (Fsp3) is 0.650. The van der Waals surface area contributed by atoms with E-state index in [2.05, 4.69) is 48.0 Å². The number of hydrogen-bond donors (Lipinski definition) is 0. The number of fused-ring (bicyclic) bond motifs is 1. The first-order valence-corrected chi connectivity index (χ1v) is 9.23. The van der Waals surface area contributed by atoms with Gasteiger partial charge in [-0.3, -0.25) is 9.69 Å². The molecule has 0 unspecified atom stereocenters. The maximum absolute atomic E-state index is 13.3. The van der Waals surface area contributed by atoms with Crippen LogP contribution in [-0.4, -0.2) is 42.9 Å². The van der Waals surface area contributed by atoms with E-state index in [1.165, 1.54) is 37.2 Å². The summed E-state index contributed by atoms with van der Waals surface area (Å²) >= 11 is 0. The van der Waals surface area contributed by atoms with Crippen LogP contribution in [0.2, 0.25) is 0 Å². The SMILES string of the molecule is CC[C@@]12CCCN3CC[C@]4(c5ccccc5N(C)[C@@H]4C(=O)C1)[C@H]32. The summed E-state index contributed by atoms with van der Waals surface area (Å²) in [5.41, 5.74) is 3.00. The maximum Gasteiger partial charge on any atom is 0.156 e. The van der Waals surface area contributed by atoms with Gasteiger partial charge in [-0.2, -0.15) is 0 Å². The predicted molar refractivity (Wildman–Crippen MR) is 91.9 cm³/mol. The van der Waals surface area contributed by atoms with Crippen LogP contribution < -0.4 is 4.90 Å². The average molecular weight is 310 g/mol. The lowest BCUT2D eigenvalue weighted by Crippen LogP contribution is -2.67. The summed E-state index contributed by atoms with van der Waals surface area (Å²) in [6.45, 7) is 4.70. The summed E-state index contributed by atoms with van der Waals surface area (Å²) in [5.74, 6) is 0.491. The highest BCUT2D eigenvalue weighted by atomic mass is 16.1. The summed E-state index contributed by atoms with van der Waals surface area (Å²) in [6, 6.07) is 9.43. The van der Waals surface area contributed by atoms with Crippen LogP contribution >= 0.6 is 0 Å². The highest BCUT2D eigenvalue weighted by Gasteiger charge is 2.69. The second-order valence-electron chi connectivity index (χ2n) is 8.22. The zero-order valence-electron chi connectivity index (χ0n) is 14.2. The van der Waals surface area contributed by atoms with E-state index in [0.717, 1.165) is 19.3 Å². The molecule has 0 amide bonds. The molecule has 0 aromatic heterocycles. The van der Waals surface area contributed by atoms with Crippen molar-refractivity contribution in [3.8, 4) is 0 Å². The molecule has 122 valence electrons. The van der Waals surface area contributed by atoms with Crippen molar-refractivity contribution in [1.29, 1.82) is 0 Å². The second kappa shape index (κ2) is 4.38. The molecule has 5 rings (SSSR count). The summed E-state index contributed by atoms with van der Waals surface area (Å²) in [4.78, 5) is 18.3. The largest absolute Gasteiger partial charge is 0.363 e. The molecule has 1 spiro atoms. The molecule has 1 aromatic rings. The van der Waals surface area contributed by atoms with Crippen molar-refractivity contribution in [1.82, 2.24) is 4.90 Å². The molecular formula is C20H26N2O. The zero-order valence-corrected chi connectivity index (χ0v) is 14.2. The Morgan fingerprint density at radius 2 is 2.04 bits per heavy atom. The normalized spacial score (nSPS) is 41.7. The summed E-state index contributed by atoms with van der Waals surface area (Å²) in [6.07, 6.45) is 5.57. The van der Waals surface area contributed by atoms with Crippen molar-refractivity contribution in [3.63, 3.8) is 0 Å². The predicted octanol–water partition coefficient (Wildman–Crippen LogP) is 2.98. The number of anilines is 1. The van der Waals surface area contributed by atoms with Crippen LogP contribution in [0.15, 0.2) is 24.3 Å². The van der Waals surface area contributed by atoms with Gasteiger partial charge in [0.25, 0.3) is 0 Å². The van der Waals surface area contributed by atoms with Gasteiger partial charge in [-0.05, 0) is 55.8 Å². The van der Waals surface area contributed by atoms with Crippen LogP contribution in [0.5, 0.6) is 0 Å². The second-order valence-corrected chi connectivity index (χ2v) is 8.22. The molecule has 3 aliphatic heterocycles. The van der Waals surface area contributed by atoms with Gasteiger partial charge in [-0.15, -0.1) is 0 Å². The van der Waals surface area contributed by atoms with Crippen molar-refractivity contribution in [2.45, 2.75) is 56.5 Å². The number of carbonyl (C=O) groups is 1. The number of hydrogen-bond acceptors (Lipinski definition) is 3. The van der Waals surface area contributed by atoms with Crippen molar-refractivity contribution in [2.24, 2.45) is 5.41 Å². The molecule has 0 radical (unpaired) electrons. The fourth-order valence-corrected chi connectivity index (χ4v) is 6.87. The minimum atomic E-state index is 0.0388. The van der Waals surface area contributed by atoms with Crippen LogP contribution in [0.4, 0.5) is 5.69 Å². The molecule has 3 heterocycles. The molecule has 1 saturated carbocycles. The summed E-state index contributed by atoms with van der Waals surface area (Å²) < 4.78 is 0. The number of ketones is 1. The highest BCUT2D eigenvalue weighted by molar-refractivity contribution is 5.95. The van der Waals surface area contributed by atoms with Crippen molar-refractivity contribution in [2.75, 3.05) is 25.0 Å². The van der Waals surface area contributed by atoms with Gasteiger partial charge in [-0.1, -0.05) is 25.1 Å².